The maximum atomic E-state index is 11.5. The third-order valence-corrected chi connectivity index (χ3v) is 10.9. The van der Waals surface area contributed by atoms with E-state index in [0.717, 1.165) is 46.1 Å². The molecule has 3 heterocycles. The molecule has 1 saturated heterocycles. The van der Waals surface area contributed by atoms with Crippen molar-refractivity contribution in [1.29, 1.82) is 0 Å². The first-order chi connectivity index (χ1) is 31.0. The summed E-state index contributed by atoms with van der Waals surface area (Å²) in [5, 5.41) is 58.4. The standard InChI is InChI=1S/C46H50N6O12.4Cs/c53-43(54)33-25-34(44(55)56)28-39(27-33)51-11-9-41(47-51)31-1-5-37(6-2-31)49-13-17-61-21-23-63-19-15-50(16-20-64-24-22-62-18-14-49)38-7-3-32(4-8-38)42-10-12-52(48-42)40-29-35(45(57)58)26-36(30-40)46(59)60;;;;/h1-8,25-30H,9-24H2,(H,53,54)(H,55,56)(H,57,58)(H,59,60);;;;/q;4*+1/p-4. The molecule has 3 aliphatic rings. The minimum atomic E-state index is -1.49. The molecule has 18 nitrogen and oxygen atoms in total. The summed E-state index contributed by atoms with van der Waals surface area (Å²) in [7, 11) is 0. The van der Waals surface area contributed by atoms with E-state index in [2.05, 4.69) is 20.0 Å². The number of aromatic carboxylic acids is 4. The third kappa shape index (κ3) is 18.9. The van der Waals surface area contributed by atoms with Crippen LogP contribution in [0, 0.1) is 0 Å². The number of hydrogen-bond donors (Lipinski definition) is 0. The van der Waals surface area contributed by atoms with Gasteiger partial charge >= 0.3 is 276 Å². The summed E-state index contributed by atoms with van der Waals surface area (Å²) in [4.78, 5) is 50.3. The number of carbonyl (C=O) groups excluding carboxylic acids is 4. The zero-order valence-corrected chi connectivity index (χ0v) is 64.1. The molecule has 0 amide bonds. The van der Waals surface area contributed by atoms with E-state index in [9.17, 15) is 39.6 Å². The van der Waals surface area contributed by atoms with E-state index in [1.54, 1.807) is 10.0 Å². The van der Waals surface area contributed by atoms with Crippen LogP contribution in [0.1, 0.15) is 65.4 Å². The molecule has 68 heavy (non-hydrogen) atoms. The second-order valence-electron chi connectivity index (χ2n) is 15.0. The van der Waals surface area contributed by atoms with Gasteiger partial charge in [0.15, 0.2) is 0 Å². The number of ether oxygens (including phenoxy) is 4. The number of hydrazone groups is 2. The van der Waals surface area contributed by atoms with Crippen LogP contribution in [0.3, 0.4) is 0 Å². The first-order valence-corrected chi connectivity index (χ1v) is 20.9. The molecule has 22 heteroatoms. The fourth-order valence-electron chi connectivity index (χ4n) is 7.50. The van der Waals surface area contributed by atoms with Gasteiger partial charge in [-0.2, -0.15) is 10.2 Å². The van der Waals surface area contributed by atoms with Gasteiger partial charge in [-0.15, -0.1) is 0 Å². The Labute approximate surface area is 630 Å². The maximum Gasteiger partial charge on any atom is 1.00 e. The molecule has 0 saturated carbocycles. The van der Waals surface area contributed by atoms with E-state index in [0.29, 0.717) is 116 Å². The summed E-state index contributed by atoms with van der Waals surface area (Å²) in [6.45, 7) is 6.82. The summed E-state index contributed by atoms with van der Waals surface area (Å²) in [6.07, 6.45) is 1.14. The van der Waals surface area contributed by atoms with E-state index in [1.165, 1.54) is 24.3 Å². The van der Waals surface area contributed by atoms with Crippen molar-refractivity contribution < 1.29 is 334 Å². The van der Waals surface area contributed by atoms with Crippen molar-refractivity contribution in [1.82, 2.24) is 0 Å². The molecule has 0 unspecified atom stereocenters. The molecule has 0 N–H and O–H groups in total. The van der Waals surface area contributed by atoms with Crippen molar-refractivity contribution in [3.8, 4) is 0 Å². The fraction of sp³-hybridized carbons (Fsp3) is 0.348. The van der Waals surface area contributed by atoms with Crippen molar-refractivity contribution in [3.63, 3.8) is 0 Å². The molecule has 0 radical (unpaired) electrons. The summed E-state index contributed by atoms with van der Waals surface area (Å²) < 4.78 is 23.8. The van der Waals surface area contributed by atoms with E-state index in [-0.39, 0.29) is 298 Å². The number of benzene rings is 4. The van der Waals surface area contributed by atoms with Gasteiger partial charge in [0.25, 0.3) is 0 Å². The normalized spacial score (nSPS) is 16.3. The Morgan fingerprint density at radius 1 is 0.382 bits per heavy atom. The smallest absolute Gasteiger partial charge is 0.545 e. The van der Waals surface area contributed by atoms with Crippen LogP contribution in [0.5, 0.6) is 0 Å². The van der Waals surface area contributed by atoms with Gasteiger partial charge in [-0.05, 0) is 94.0 Å². The maximum absolute atomic E-state index is 11.5. The van der Waals surface area contributed by atoms with Crippen LogP contribution in [0.4, 0.5) is 22.7 Å². The molecule has 1 fully saturated rings. The molecule has 0 aliphatic carbocycles. The third-order valence-electron chi connectivity index (χ3n) is 10.9. The van der Waals surface area contributed by atoms with E-state index >= 15 is 0 Å². The van der Waals surface area contributed by atoms with Gasteiger partial charge in [-0.1, -0.05) is 24.3 Å². The summed E-state index contributed by atoms with van der Waals surface area (Å²) >= 11 is 0. The SMILES string of the molecule is O=C([O-])c1cc(C(=O)[O-])cc(N2CCC(c3ccc(N4CCOCCOCCN(c5ccc(C6=NN(c7cc(C(=O)[O-])cc(C(=O)[O-])c7)CC6)cc5)CCOCCOCC4)cc3)=N2)c1.[Cs+].[Cs+].[Cs+].[Cs+]. The predicted molar refractivity (Wildman–Crippen MR) is 228 cm³/mol. The number of anilines is 4. The molecular weight excluding hydrogens is 1360 g/mol. The van der Waals surface area contributed by atoms with Gasteiger partial charge in [0, 0.05) is 63.5 Å². The van der Waals surface area contributed by atoms with E-state index in [1.807, 2.05) is 48.5 Å². The van der Waals surface area contributed by atoms with Crippen molar-refractivity contribution in [2.45, 2.75) is 12.8 Å². The van der Waals surface area contributed by atoms with Crippen molar-refractivity contribution in [2.75, 3.05) is 112 Å². The van der Waals surface area contributed by atoms with Crippen molar-refractivity contribution in [3.05, 3.63) is 118 Å². The molecule has 4 aromatic rings. The van der Waals surface area contributed by atoms with Crippen LogP contribution in [-0.4, -0.2) is 127 Å². The molecule has 0 bridgehead atoms. The zero-order chi connectivity index (χ0) is 45.0. The Kier molecular flexibility index (Phi) is 30.6. The average Bonchev–Trinajstić information content (AvgIpc) is 4.01. The fourth-order valence-corrected chi connectivity index (χ4v) is 7.50. The summed E-state index contributed by atoms with van der Waals surface area (Å²) in [5.74, 6) is -5.95. The molecular formula is C46H46Cs4N6O12. The zero-order valence-electron chi connectivity index (χ0n) is 39.0. The van der Waals surface area contributed by atoms with E-state index < -0.39 is 23.9 Å². The molecule has 0 spiro atoms. The van der Waals surface area contributed by atoms with Gasteiger partial charge in [-0.25, -0.2) is 0 Å². The number of carbonyl (C=O) groups is 4. The minimum absolute atomic E-state index is 0. The van der Waals surface area contributed by atoms with Gasteiger partial charge < -0.3 is 68.4 Å². The van der Waals surface area contributed by atoms with Crippen LogP contribution >= 0.6 is 0 Å². The molecule has 336 valence electrons. The molecule has 0 atom stereocenters. The van der Waals surface area contributed by atoms with Crippen LogP contribution in [0.2, 0.25) is 0 Å². The molecule has 7 rings (SSSR count). The van der Waals surface area contributed by atoms with Crippen molar-refractivity contribution >= 4 is 58.1 Å². The van der Waals surface area contributed by atoms with Crippen LogP contribution in [0.25, 0.3) is 0 Å². The van der Waals surface area contributed by atoms with Gasteiger partial charge in [-0.3, -0.25) is 10.0 Å². The number of carboxylic acid groups (broad SMARTS) is 4. The van der Waals surface area contributed by atoms with Crippen LogP contribution < -0.4 is 316 Å². The first-order valence-electron chi connectivity index (χ1n) is 20.9. The van der Waals surface area contributed by atoms with Gasteiger partial charge in [0.05, 0.1) is 99.5 Å². The second-order valence-corrected chi connectivity index (χ2v) is 15.0. The molecule has 0 aromatic heterocycles. The predicted octanol–water partition coefficient (Wildman–Crippen LogP) is -12.2. The quantitative estimate of drug-likeness (QED) is 0.143. The molecule has 3 aliphatic heterocycles. The number of rotatable bonds is 10. The Balaban J connectivity index is 0.00000306. The Hall–Kier alpha value is 1.35. The Bertz CT molecular complexity index is 2140. The summed E-state index contributed by atoms with van der Waals surface area (Å²) in [5.41, 5.74) is 4.84. The largest absolute Gasteiger partial charge is 1.00 e. The van der Waals surface area contributed by atoms with Crippen LogP contribution in [0.15, 0.2) is 95.1 Å². The Morgan fingerprint density at radius 3 is 0.926 bits per heavy atom. The van der Waals surface area contributed by atoms with Crippen molar-refractivity contribution in [2.24, 2.45) is 10.2 Å². The first kappa shape index (κ1) is 63.6. The number of carboxylic acids is 4. The van der Waals surface area contributed by atoms with E-state index in [4.69, 9.17) is 18.9 Å². The number of nitrogens with zero attached hydrogens (tertiary/aromatic N) is 6. The molecule has 4 aromatic carbocycles. The summed E-state index contributed by atoms with van der Waals surface area (Å²) in [6, 6.07) is 23.2. The average molecular weight is 1410 g/mol. The second kappa shape index (κ2) is 32.7. The monoisotopic (exact) mass is 1410 g/mol. The number of hydrogen-bond acceptors (Lipinski definition) is 18. The Morgan fingerprint density at radius 2 is 0.662 bits per heavy atom. The minimum Gasteiger partial charge on any atom is -0.545 e. The topological polar surface area (TPSA) is 235 Å². The van der Waals surface area contributed by atoms with Gasteiger partial charge in [0.1, 0.15) is 0 Å². The van der Waals surface area contributed by atoms with Crippen LogP contribution in [-0.2, 0) is 18.9 Å². The van der Waals surface area contributed by atoms with Gasteiger partial charge in [0.2, 0.25) is 0 Å².